The molecule has 5 rings (SSSR count). The van der Waals surface area contributed by atoms with Gasteiger partial charge in [0.1, 0.15) is 5.75 Å². The zero-order chi connectivity index (χ0) is 21.7. The van der Waals surface area contributed by atoms with Crippen molar-refractivity contribution >= 4 is 34.7 Å². The van der Waals surface area contributed by atoms with Crippen molar-refractivity contribution in [1.82, 2.24) is 9.88 Å². The van der Waals surface area contributed by atoms with E-state index in [1.165, 1.54) is 4.90 Å². The molecule has 3 amide bonds. The molecule has 8 heteroatoms. The van der Waals surface area contributed by atoms with Crippen LogP contribution in [0.25, 0.3) is 11.3 Å². The first-order chi connectivity index (χ1) is 14.9. The van der Waals surface area contributed by atoms with Crippen LogP contribution in [0.5, 0.6) is 5.75 Å². The highest BCUT2D eigenvalue weighted by atomic mass is 32.1. The molecule has 2 aromatic carbocycles. The van der Waals surface area contributed by atoms with Gasteiger partial charge in [-0.2, -0.15) is 0 Å². The van der Waals surface area contributed by atoms with Crippen LogP contribution in [0.3, 0.4) is 0 Å². The number of hydrogen-bond donors (Lipinski definition) is 0. The first-order valence-corrected chi connectivity index (χ1v) is 10.8. The number of hydrogen-bond acceptors (Lipinski definition) is 6. The molecule has 3 heterocycles. The summed E-state index contributed by atoms with van der Waals surface area (Å²) in [5.74, 6) is -0.288. The topological polar surface area (TPSA) is 79.8 Å². The molecule has 0 radical (unpaired) electrons. The highest BCUT2D eigenvalue weighted by molar-refractivity contribution is 7.09. The van der Waals surface area contributed by atoms with Gasteiger partial charge in [0.05, 0.1) is 27.5 Å². The average molecular weight is 433 g/mol. The minimum Gasteiger partial charge on any atom is -0.479 e. The summed E-state index contributed by atoms with van der Waals surface area (Å²) in [7, 11) is 0. The summed E-state index contributed by atoms with van der Waals surface area (Å²) < 4.78 is 5.78. The van der Waals surface area contributed by atoms with Gasteiger partial charge in [-0.15, -0.1) is 11.3 Å². The molecule has 1 aromatic heterocycles. The lowest BCUT2D eigenvalue weighted by atomic mass is 10.1. The largest absolute Gasteiger partial charge is 0.479 e. The molecule has 0 saturated heterocycles. The Balaban J connectivity index is 1.44. The molecule has 0 saturated carbocycles. The molecule has 0 spiro atoms. The second-order valence-corrected chi connectivity index (χ2v) is 8.55. The monoisotopic (exact) mass is 433 g/mol. The molecule has 7 nitrogen and oxygen atoms in total. The number of nitrogens with zero attached hydrogens (tertiary/aromatic N) is 3. The quantitative estimate of drug-likeness (QED) is 0.588. The zero-order valence-electron chi connectivity index (χ0n) is 17.0. The third-order valence-corrected chi connectivity index (χ3v) is 6.28. The Morgan fingerprint density at radius 1 is 1.00 bits per heavy atom. The van der Waals surface area contributed by atoms with Crippen molar-refractivity contribution < 1.29 is 19.1 Å². The van der Waals surface area contributed by atoms with Crippen LogP contribution in [-0.2, 0) is 4.79 Å². The first kappa shape index (κ1) is 19.4. The number of rotatable bonds is 4. The smallest absolute Gasteiger partial charge is 0.267 e. The Morgan fingerprint density at radius 3 is 2.32 bits per heavy atom. The lowest BCUT2D eigenvalue weighted by molar-refractivity contribution is -0.125. The van der Waals surface area contributed by atoms with Crippen molar-refractivity contribution in [2.24, 2.45) is 0 Å². The maximum absolute atomic E-state index is 12.9. The summed E-state index contributed by atoms with van der Waals surface area (Å²) in [6, 6.07) is 12.4. The van der Waals surface area contributed by atoms with E-state index in [0.29, 0.717) is 22.6 Å². The molecule has 31 heavy (non-hydrogen) atoms. The van der Waals surface area contributed by atoms with Gasteiger partial charge in [0, 0.05) is 24.0 Å². The van der Waals surface area contributed by atoms with E-state index in [1.807, 2.05) is 30.5 Å². The molecule has 0 N–H and O–H groups in total. The van der Waals surface area contributed by atoms with Crippen LogP contribution in [0.2, 0.25) is 0 Å². The molecule has 0 bridgehead atoms. The normalized spacial score (nSPS) is 17.6. The number of benzene rings is 2. The van der Waals surface area contributed by atoms with Gasteiger partial charge in [-0.05, 0) is 44.2 Å². The Morgan fingerprint density at radius 2 is 1.68 bits per heavy atom. The minimum atomic E-state index is -0.651. The van der Waals surface area contributed by atoms with E-state index in [9.17, 15) is 14.4 Å². The number of aromatic nitrogens is 1. The second-order valence-electron chi connectivity index (χ2n) is 7.49. The van der Waals surface area contributed by atoms with E-state index in [0.717, 1.165) is 16.3 Å². The van der Waals surface area contributed by atoms with Gasteiger partial charge >= 0.3 is 0 Å². The second kappa shape index (κ2) is 7.31. The van der Waals surface area contributed by atoms with Crippen molar-refractivity contribution in [2.45, 2.75) is 20.0 Å². The molecule has 0 fully saturated rings. The van der Waals surface area contributed by atoms with Crippen LogP contribution in [0, 0.1) is 6.92 Å². The fraction of sp³-hybridized carbons (Fsp3) is 0.217. The van der Waals surface area contributed by atoms with Crippen molar-refractivity contribution in [1.29, 1.82) is 0 Å². The summed E-state index contributed by atoms with van der Waals surface area (Å²) in [5, 5.41) is 2.92. The van der Waals surface area contributed by atoms with Crippen LogP contribution < -0.4 is 9.64 Å². The van der Waals surface area contributed by atoms with Crippen LogP contribution in [-0.4, -0.2) is 46.8 Å². The average Bonchev–Trinajstić information content (AvgIpc) is 3.31. The summed E-state index contributed by atoms with van der Waals surface area (Å²) in [5.41, 5.74) is 3.12. The summed E-state index contributed by atoms with van der Waals surface area (Å²) in [6.45, 7) is 3.92. The number of aryl methyl sites for hydroxylation is 1. The molecular formula is C23H19N3O4S. The first-order valence-electron chi connectivity index (χ1n) is 9.94. The van der Waals surface area contributed by atoms with E-state index in [4.69, 9.17) is 4.74 Å². The van der Waals surface area contributed by atoms with Gasteiger partial charge in [-0.1, -0.05) is 12.1 Å². The van der Waals surface area contributed by atoms with Gasteiger partial charge in [-0.3, -0.25) is 19.3 Å². The predicted octanol–water partition coefficient (Wildman–Crippen LogP) is 3.53. The standard InChI is InChI=1S/C23H19N3O4S/c1-13-21(27)25(9-10-26-22(28)16-5-3-4-6-17(16)23(26)29)19-11-15(7-8-20(19)30-13)18-12-31-14(2)24-18/h3-8,11-13H,9-10H2,1-2H3. The molecule has 1 unspecified atom stereocenters. The predicted molar refractivity (Wildman–Crippen MR) is 117 cm³/mol. The lowest BCUT2D eigenvalue weighted by Crippen LogP contribution is -2.48. The Labute approximate surface area is 182 Å². The number of carbonyl (C=O) groups is 3. The molecule has 2 aliphatic heterocycles. The van der Waals surface area contributed by atoms with Gasteiger partial charge in [0.15, 0.2) is 6.10 Å². The Bertz CT molecular complexity index is 1200. The third-order valence-electron chi connectivity index (χ3n) is 5.51. The van der Waals surface area contributed by atoms with Crippen molar-refractivity contribution in [2.75, 3.05) is 18.0 Å². The van der Waals surface area contributed by atoms with Crippen LogP contribution in [0.15, 0.2) is 47.8 Å². The third kappa shape index (κ3) is 3.19. The molecule has 0 aliphatic carbocycles. The molecule has 2 aliphatic rings. The number of fused-ring (bicyclic) bond motifs is 2. The number of amides is 3. The minimum absolute atomic E-state index is 0.101. The van der Waals surface area contributed by atoms with E-state index < -0.39 is 6.10 Å². The van der Waals surface area contributed by atoms with Gasteiger partial charge in [0.25, 0.3) is 17.7 Å². The molecule has 1 atom stereocenters. The Hall–Kier alpha value is -3.52. The SMILES string of the molecule is Cc1nc(-c2ccc3c(c2)N(CCN2C(=O)c4ccccc4C2=O)C(=O)C(C)O3)cs1. The van der Waals surface area contributed by atoms with Crippen LogP contribution in [0.1, 0.15) is 32.6 Å². The Kier molecular flexibility index (Phi) is 4.59. The van der Waals surface area contributed by atoms with Crippen molar-refractivity contribution in [3.8, 4) is 17.0 Å². The molecular weight excluding hydrogens is 414 g/mol. The summed E-state index contributed by atoms with van der Waals surface area (Å²) >= 11 is 1.56. The maximum Gasteiger partial charge on any atom is 0.267 e. The van der Waals surface area contributed by atoms with Crippen LogP contribution in [0.4, 0.5) is 5.69 Å². The summed E-state index contributed by atoms with van der Waals surface area (Å²) in [6.07, 6.45) is -0.651. The van der Waals surface area contributed by atoms with E-state index in [-0.39, 0.29) is 30.8 Å². The number of anilines is 1. The number of thiazole rings is 1. The highest BCUT2D eigenvalue weighted by Crippen LogP contribution is 2.38. The van der Waals surface area contributed by atoms with E-state index in [1.54, 1.807) is 47.4 Å². The fourth-order valence-electron chi connectivity index (χ4n) is 3.94. The van der Waals surface area contributed by atoms with Gasteiger partial charge < -0.3 is 9.64 Å². The maximum atomic E-state index is 12.9. The van der Waals surface area contributed by atoms with Gasteiger partial charge in [0.2, 0.25) is 0 Å². The van der Waals surface area contributed by atoms with Crippen molar-refractivity contribution in [3.05, 3.63) is 64.0 Å². The van der Waals surface area contributed by atoms with E-state index in [2.05, 4.69) is 4.98 Å². The molecule has 3 aromatic rings. The number of ether oxygens (including phenoxy) is 1. The number of carbonyl (C=O) groups excluding carboxylic acids is 3. The lowest BCUT2D eigenvalue weighted by Gasteiger charge is -2.34. The highest BCUT2D eigenvalue weighted by Gasteiger charge is 2.37. The summed E-state index contributed by atoms with van der Waals surface area (Å²) in [4.78, 5) is 45.6. The van der Waals surface area contributed by atoms with Gasteiger partial charge in [-0.25, -0.2) is 4.98 Å². The number of imide groups is 1. The van der Waals surface area contributed by atoms with Crippen LogP contribution >= 0.6 is 11.3 Å². The molecule has 156 valence electrons. The van der Waals surface area contributed by atoms with Crippen molar-refractivity contribution in [3.63, 3.8) is 0 Å². The zero-order valence-corrected chi connectivity index (χ0v) is 17.8. The fourth-order valence-corrected chi connectivity index (χ4v) is 4.56. The van der Waals surface area contributed by atoms with E-state index >= 15 is 0 Å².